The fourth-order valence-corrected chi connectivity index (χ4v) is 4.29. The standard InChI is InChI=1S/C17H22FNO2/c1-2-14(10-4-3-5-13(18)9-10)19-16-12-7-6-11(8-12)15(16)17(20)21/h3-5,9,11-12,14-16,19H,2,6-8H2,1H3,(H,20,21). The Bertz CT molecular complexity index is 533. The second-order valence-electron chi connectivity index (χ2n) is 6.41. The maximum atomic E-state index is 13.4. The van der Waals surface area contributed by atoms with Gasteiger partial charge in [0.05, 0.1) is 5.92 Å². The summed E-state index contributed by atoms with van der Waals surface area (Å²) in [6, 6.07) is 6.65. The molecule has 21 heavy (non-hydrogen) atoms. The van der Waals surface area contributed by atoms with Crippen molar-refractivity contribution in [1.29, 1.82) is 0 Å². The molecule has 0 aliphatic heterocycles. The van der Waals surface area contributed by atoms with E-state index in [0.29, 0.717) is 11.8 Å². The molecule has 5 atom stereocenters. The van der Waals surface area contributed by atoms with Crippen LogP contribution in [0.25, 0.3) is 0 Å². The first-order valence-electron chi connectivity index (χ1n) is 7.84. The Labute approximate surface area is 124 Å². The third-order valence-electron chi connectivity index (χ3n) is 5.25. The number of carboxylic acids is 1. The molecule has 1 aromatic carbocycles. The van der Waals surface area contributed by atoms with Gasteiger partial charge in [-0.15, -0.1) is 0 Å². The van der Waals surface area contributed by atoms with Crippen LogP contribution in [-0.2, 0) is 4.79 Å². The summed E-state index contributed by atoms with van der Waals surface area (Å²) in [7, 11) is 0. The van der Waals surface area contributed by atoms with E-state index >= 15 is 0 Å². The zero-order chi connectivity index (χ0) is 15.0. The molecule has 3 nitrogen and oxygen atoms in total. The van der Waals surface area contributed by atoms with E-state index in [2.05, 4.69) is 5.32 Å². The molecule has 0 amide bonds. The molecule has 5 unspecified atom stereocenters. The van der Waals surface area contributed by atoms with Crippen LogP contribution < -0.4 is 5.32 Å². The maximum absolute atomic E-state index is 13.4. The van der Waals surface area contributed by atoms with Crippen molar-refractivity contribution in [3.05, 3.63) is 35.6 Å². The number of carbonyl (C=O) groups is 1. The van der Waals surface area contributed by atoms with Crippen LogP contribution in [0.4, 0.5) is 4.39 Å². The largest absolute Gasteiger partial charge is 0.481 e. The molecule has 2 fully saturated rings. The van der Waals surface area contributed by atoms with E-state index in [9.17, 15) is 14.3 Å². The first-order valence-corrected chi connectivity index (χ1v) is 7.84. The molecule has 114 valence electrons. The average Bonchev–Trinajstić information content (AvgIpc) is 3.05. The quantitative estimate of drug-likeness (QED) is 0.874. The molecule has 2 bridgehead atoms. The van der Waals surface area contributed by atoms with Gasteiger partial charge in [-0.1, -0.05) is 19.1 Å². The van der Waals surface area contributed by atoms with Crippen molar-refractivity contribution in [3.63, 3.8) is 0 Å². The lowest BCUT2D eigenvalue weighted by Gasteiger charge is -2.32. The highest BCUT2D eigenvalue weighted by Crippen LogP contribution is 2.49. The average molecular weight is 291 g/mol. The molecule has 0 saturated heterocycles. The van der Waals surface area contributed by atoms with E-state index in [1.165, 1.54) is 6.07 Å². The van der Waals surface area contributed by atoms with Gasteiger partial charge in [-0.3, -0.25) is 4.79 Å². The molecular formula is C17H22FNO2. The van der Waals surface area contributed by atoms with Gasteiger partial charge >= 0.3 is 5.97 Å². The molecule has 2 saturated carbocycles. The van der Waals surface area contributed by atoms with E-state index in [4.69, 9.17) is 0 Å². The monoisotopic (exact) mass is 291 g/mol. The van der Waals surface area contributed by atoms with Crippen LogP contribution in [0.3, 0.4) is 0 Å². The summed E-state index contributed by atoms with van der Waals surface area (Å²) in [6.45, 7) is 2.05. The smallest absolute Gasteiger partial charge is 0.308 e. The number of fused-ring (bicyclic) bond motifs is 2. The number of nitrogens with one attached hydrogen (secondary N) is 1. The Balaban J connectivity index is 1.79. The number of halogens is 1. The van der Waals surface area contributed by atoms with Crippen LogP contribution in [0.5, 0.6) is 0 Å². The zero-order valence-corrected chi connectivity index (χ0v) is 12.3. The summed E-state index contributed by atoms with van der Waals surface area (Å²) in [6.07, 6.45) is 4.00. The molecule has 2 aliphatic carbocycles. The van der Waals surface area contributed by atoms with Crippen molar-refractivity contribution >= 4 is 5.97 Å². The number of hydrogen-bond acceptors (Lipinski definition) is 2. The minimum Gasteiger partial charge on any atom is -0.481 e. The summed E-state index contributed by atoms with van der Waals surface area (Å²) in [4.78, 5) is 11.6. The molecule has 0 radical (unpaired) electrons. The van der Waals surface area contributed by atoms with Crippen molar-refractivity contribution in [1.82, 2.24) is 5.32 Å². The molecule has 2 aliphatic rings. The second kappa shape index (κ2) is 5.76. The number of benzene rings is 1. The fraction of sp³-hybridized carbons (Fsp3) is 0.588. The number of rotatable bonds is 5. The summed E-state index contributed by atoms with van der Waals surface area (Å²) in [5.41, 5.74) is 0.907. The van der Waals surface area contributed by atoms with Gasteiger partial charge in [-0.05, 0) is 55.2 Å². The molecule has 0 aromatic heterocycles. The molecule has 3 rings (SSSR count). The van der Waals surface area contributed by atoms with E-state index in [1.807, 2.05) is 13.0 Å². The van der Waals surface area contributed by atoms with Gasteiger partial charge in [0.2, 0.25) is 0 Å². The normalized spacial score (nSPS) is 32.3. The highest BCUT2D eigenvalue weighted by molar-refractivity contribution is 5.72. The van der Waals surface area contributed by atoms with Gasteiger partial charge in [-0.25, -0.2) is 4.39 Å². The minimum absolute atomic E-state index is 0.0203. The van der Waals surface area contributed by atoms with E-state index in [0.717, 1.165) is 31.2 Å². The highest BCUT2D eigenvalue weighted by Gasteiger charge is 2.51. The van der Waals surface area contributed by atoms with E-state index < -0.39 is 5.97 Å². The maximum Gasteiger partial charge on any atom is 0.308 e. The van der Waals surface area contributed by atoms with Gasteiger partial charge < -0.3 is 10.4 Å². The van der Waals surface area contributed by atoms with E-state index in [1.54, 1.807) is 12.1 Å². The van der Waals surface area contributed by atoms with Crippen molar-refractivity contribution in [2.45, 2.75) is 44.7 Å². The number of hydrogen-bond donors (Lipinski definition) is 2. The van der Waals surface area contributed by atoms with Crippen LogP contribution in [0.1, 0.15) is 44.2 Å². The van der Waals surface area contributed by atoms with Gasteiger partial charge in [0, 0.05) is 12.1 Å². The Hall–Kier alpha value is -1.42. The van der Waals surface area contributed by atoms with Crippen molar-refractivity contribution in [2.75, 3.05) is 0 Å². The van der Waals surface area contributed by atoms with Crippen molar-refractivity contribution in [2.24, 2.45) is 17.8 Å². The van der Waals surface area contributed by atoms with Gasteiger partial charge in [0.25, 0.3) is 0 Å². The summed E-state index contributed by atoms with van der Waals surface area (Å²) < 4.78 is 13.4. The fourth-order valence-electron chi connectivity index (χ4n) is 4.29. The lowest BCUT2D eigenvalue weighted by atomic mass is 9.83. The Morgan fingerprint density at radius 3 is 2.86 bits per heavy atom. The summed E-state index contributed by atoms with van der Waals surface area (Å²) in [5.74, 6) is -0.440. The van der Waals surface area contributed by atoms with Crippen LogP contribution in [0, 0.1) is 23.6 Å². The van der Waals surface area contributed by atoms with Crippen LogP contribution in [0.15, 0.2) is 24.3 Å². The lowest BCUT2D eigenvalue weighted by molar-refractivity contribution is -0.144. The Morgan fingerprint density at radius 2 is 2.19 bits per heavy atom. The predicted molar refractivity (Wildman–Crippen MR) is 78.3 cm³/mol. The van der Waals surface area contributed by atoms with Crippen LogP contribution >= 0.6 is 0 Å². The van der Waals surface area contributed by atoms with Gasteiger partial charge in [0.1, 0.15) is 5.82 Å². The van der Waals surface area contributed by atoms with Crippen LogP contribution in [0.2, 0.25) is 0 Å². The third-order valence-corrected chi connectivity index (χ3v) is 5.25. The molecule has 0 heterocycles. The first kappa shape index (κ1) is 14.5. The topological polar surface area (TPSA) is 49.3 Å². The van der Waals surface area contributed by atoms with E-state index in [-0.39, 0.29) is 23.8 Å². The van der Waals surface area contributed by atoms with Gasteiger partial charge in [-0.2, -0.15) is 0 Å². The molecule has 1 aromatic rings. The van der Waals surface area contributed by atoms with Crippen LogP contribution in [-0.4, -0.2) is 17.1 Å². The zero-order valence-electron chi connectivity index (χ0n) is 12.3. The highest BCUT2D eigenvalue weighted by atomic mass is 19.1. The minimum atomic E-state index is -0.686. The van der Waals surface area contributed by atoms with Crippen molar-refractivity contribution in [3.8, 4) is 0 Å². The Kier molecular flexibility index (Phi) is 3.98. The predicted octanol–water partition coefficient (Wildman–Crippen LogP) is 3.37. The summed E-state index contributed by atoms with van der Waals surface area (Å²) >= 11 is 0. The first-order chi connectivity index (χ1) is 10.1. The van der Waals surface area contributed by atoms with Crippen molar-refractivity contribution < 1.29 is 14.3 Å². The lowest BCUT2D eigenvalue weighted by Crippen LogP contribution is -2.45. The second-order valence-corrected chi connectivity index (χ2v) is 6.41. The third kappa shape index (κ3) is 2.69. The molecule has 4 heteroatoms. The van der Waals surface area contributed by atoms with Gasteiger partial charge in [0.15, 0.2) is 0 Å². The number of aliphatic carboxylic acids is 1. The molecule has 0 spiro atoms. The molecular weight excluding hydrogens is 269 g/mol. The summed E-state index contributed by atoms with van der Waals surface area (Å²) in [5, 5.41) is 13.0. The number of carboxylic acid groups (broad SMARTS) is 1. The molecule has 2 N–H and O–H groups in total. The Morgan fingerprint density at radius 1 is 1.43 bits per heavy atom. The SMILES string of the molecule is CCC(NC1C2CCC(C2)C1C(=O)O)c1cccc(F)c1.